The Labute approximate surface area is 109 Å². The minimum absolute atomic E-state index is 0.586. The Morgan fingerprint density at radius 3 is 2.94 bits per heavy atom. The van der Waals surface area contributed by atoms with E-state index in [2.05, 4.69) is 42.9 Å². The Balaban J connectivity index is 2.20. The van der Waals surface area contributed by atoms with Crippen LogP contribution in [0, 0.1) is 17.5 Å². The summed E-state index contributed by atoms with van der Waals surface area (Å²) in [7, 11) is 0. The van der Waals surface area contributed by atoms with Crippen LogP contribution >= 0.6 is 12.2 Å². The number of H-pyrrole nitrogens is 1. The maximum atomic E-state index is 5.22. The van der Waals surface area contributed by atoms with Crippen LogP contribution in [0.4, 0.5) is 0 Å². The summed E-state index contributed by atoms with van der Waals surface area (Å²) >= 11 is 5.22. The predicted octanol–water partition coefficient (Wildman–Crippen LogP) is 3.85. The Morgan fingerprint density at radius 1 is 1.53 bits per heavy atom. The topological polar surface area (TPSA) is 19.0 Å². The number of nitrogens with zero attached hydrogens (tertiary/aromatic N) is 1. The van der Waals surface area contributed by atoms with Gasteiger partial charge in [0.25, 0.3) is 0 Å². The third kappa shape index (κ3) is 2.96. The summed E-state index contributed by atoms with van der Waals surface area (Å²) in [5, 5.41) is 0. The molecule has 1 aliphatic heterocycles. The van der Waals surface area contributed by atoms with Crippen molar-refractivity contribution < 1.29 is 0 Å². The summed E-state index contributed by atoms with van der Waals surface area (Å²) in [6.07, 6.45) is 4.68. The maximum absolute atomic E-state index is 5.22. The molecule has 2 heterocycles. The van der Waals surface area contributed by atoms with E-state index in [9.17, 15) is 0 Å². The lowest BCUT2D eigenvalue weighted by atomic mass is 10.0. The largest absolute Gasteiger partial charge is 0.352 e. The molecule has 1 aromatic heterocycles. The quantitative estimate of drug-likeness (QED) is 0.822. The van der Waals surface area contributed by atoms with Gasteiger partial charge >= 0.3 is 0 Å². The molecule has 0 spiro atoms. The Hall–Kier alpha value is -0.670. The Morgan fingerprint density at radius 2 is 2.29 bits per heavy atom. The van der Waals surface area contributed by atoms with Crippen molar-refractivity contribution in [2.24, 2.45) is 5.92 Å². The zero-order chi connectivity index (χ0) is 12.4. The first-order valence-electron chi connectivity index (χ1n) is 6.51. The number of rotatable bonds is 3. The van der Waals surface area contributed by atoms with Gasteiger partial charge in [0.05, 0.1) is 0 Å². The molecular formula is C14H22N2S. The fourth-order valence-electron chi connectivity index (χ4n) is 2.70. The van der Waals surface area contributed by atoms with E-state index in [-0.39, 0.29) is 0 Å². The van der Waals surface area contributed by atoms with Crippen LogP contribution in [0.3, 0.4) is 0 Å². The first-order chi connectivity index (χ1) is 8.08. The third-order valence-corrected chi connectivity index (χ3v) is 3.90. The maximum Gasteiger partial charge on any atom is 0.106 e. The molecule has 0 unspecified atom stereocenters. The molecule has 0 bridgehead atoms. The number of nitrogens with one attached hydrogen (secondary N) is 1. The molecule has 1 N–H and O–H groups in total. The number of aromatic nitrogens is 1. The summed E-state index contributed by atoms with van der Waals surface area (Å²) in [6.45, 7) is 9.10. The van der Waals surface area contributed by atoms with E-state index in [4.69, 9.17) is 12.2 Å². The van der Waals surface area contributed by atoms with Crippen LogP contribution in [-0.4, -0.2) is 23.0 Å². The average Bonchev–Trinajstić information content (AvgIpc) is 2.69. The Kier molecular flexibility index (Phi) is 4.00. The molecule has 1 saturated heterocycles. The van der Waals surface area contributed by atoms with E-state index in [0.717, 1.165) is 10.6 Å². The number of pyridine rings is 1. The number of hydrogen-bond acceptors (Lipinski definition) is 2. The third-order valence-electron chi connectivity index (χ3n) is 3.46. The van der Waals surface area contributed by atoms with Gasteiger partial charge in [-0.3, -0.25) is 4.90 Å². The number of hydrogen-bond donors (Lipinski definition) is 1. The summed E-state index contributed by atoms with van der Waals surface area (Å²) in [5.41, 5.74) is 2.59. The molecule has 0 saturated carbocycles. The summed E-state index contributed by atoms with van der Waals surface area (Å²) in [6, 6.07) is 2.84. The molecule has 1 aliphatic rings. The van der Waals surface area contributed by atoms with Crippen LogP contribution < -0.4 is 0 Å². The van der Waals surface area contributed by atoms with Crippen molar-refractivity contribution in [2.45, 2.75) is 39.7 Å². The van der Waals surface area contributed by atoms with Crippen LogP contribution in [0.2, 0.25) is 0 Å². The van der Waals surface area contributed by atoms with Gasteiger partial charge in [-0.25, -0.2) is 0 Å². The lowest BCUT2D eigenvalue weighted by molar-refractivity contribution is 0.228. The highest BCUT2D eigenvalue weighted by molar-refractivity contribution is 7.71. The molecule has 0 radical (unpaired) electrons. The molecule has 0 aliphatic carbocycles. The molecule has 1 atom stereocenters. The molecule has 3 heteroatoms. The summed E-state index contributed by atoms with van der Waals surface area (Å²) in [4.78, 5) is 5.81. The van der Waals surface area contributed by atoms with Gasteiger partial charge in [0.1, 0.15) is 4.64 Å². The number of aromatic amines is 1. The zero-order valence-electron chi connectivity index (χ0n) is 11.0. The summed E-state index contributed by atoms with van der Waals surface area (Å²) < 4.78 is 0.863. The average molecular weight is 250 g/mol. The fraction of sp³-hybridized carbons (Fsp3) is 0.643. The van der Waals surface area contributed by atoms with E-state index in [0.29, 0.717) is 6.04 Å². The second-order valence-corrected chi connectivity index (χ2v) is 5.90. The van der Waals surface area contributed by atoms with Crippen LogP contribution in [0.1, 0.15) is 43.9 Å². The second-order valence-electron chi connectivity index (χ2n) is 5.49. The summed E-state index contributed by atoms with van der Waals surface area (Å²) in [5.74, 6) is 0.735. The van der Waals surface area contributed by atoms with Gasteiger partial charge in [-0.2, -0.15) is 0 Å². The second kappa shape index (κ2) is 5.32. The lowest BCUT2D eigenvalue weighted by Crippen LogP contribution is -2.27. The molecule has 0 amide bonds. The predicted molar refractivity (Wildman–Crippen MR) is 74.7 cm³/mol. The monoisotopic (exact) mass is 250 g/mol. The highest BCUT2D eigenvalue weighted by atomic mass is 32.1. The first-order valence-corrected chi connectivity index (χ1v) is 6.92. The van der Waals surface area contributed by atoms with Crippen molar-refractivity contribution in [1.29, 1.82) is 0 Å². The van der Waals surface area contributed by atoms with Crippen molar-refractivity contribution >= 4 is 12.2 Å². The minimum atomic E-state index is 0.586. The van der Waals surface area contributed by atoms with Gasteiger partial charge in [0.2, 0.25) is 0 Å². The standard InChI is InChI=1S/C14H22N2S/c1-10(2)9-16-6-4-5-13(16)12-7-11(3)14(17)15-8-12/h7-8,10,13H,4-6,9H2,1-3H3,(H,15,17)/t13-/m0/s1. The van der Waals surface area contributed by atoms with Crippen molar-refractivity contribution in [2.75, 3.05) is 13.1 Å². The van der Waals surface area contributed by atoms with E-state index >= 15 is 0 Å². The van der Waals surface area contributed by atoms with Crippen LogP contribution in [0.15, 0.2) is 12.3 Å². The molecule has 17 heavy (non-hydrogen) atoms. The smallest absolute Gasteiger partial charge is 0.106 e. The van der Waals surface area contributed by atoms with Crippen molar-refractivity contribution in [3.63, 3.8) is 0 Å². The highest BCUT2D eigenvalue weighted by Crippen LogP contribution is 2.32. The first kappa shape index (κ1) is 12.8. The van der Waals surface area contributed by atoms with Gasteiger partial charge in [-0.15, -0.1) is 0 Å². The van der Waals surface area contributed by atoms with Gasteiger partial charge in [0, 0.05) is 18.8 Å². The van der Waals surface area contributed by atoms with Crippen molar-refractivity contribution in [1.82, 2.24) is 9.88 Å². The molecule has 1 fully saturated rings. The molecule has 1 aromatic rings. The molecule has 0 aromatic carbocycles. The fourth-order valence-corrected chi connectivity index (χ4v) is 2.82. The van der Waals surface area contributed by atoms with Crippen LogP contribution in [-0.2, 0) is 0 Å². The normalized spacial score (nSPS) is 21.3. The number of likely N-dealkylation sites (tertiary alicyclic amines) is 1. The van der Waals surface area contributed by atoms with E-state index in [1.807, 2.05) is 0 Å². The zero-order valence-corrected chi connectivity index (χ0v) is 11.8. The van der Waals surface area contributed by atoms with E-state index in [1.165, 1.54) is 37.1 Å². The van der Waals surface area contributed by atoms with Crippen LogP contribution in [0.25, 0.3) is 0 Å². The molecular weight excluding hydrogens is 228 g/mol. The molecule has 94 valence electrons. The van der Waals surface area contributed by atoms with Gasteiger partial charge in [-0.05, 0) is 43.4 Å². The van der Waals surface area contributed by atoms with E-state index in [1.54, 1.807) is 0 Å². The van der Waals surface area contributed by atoms with Gasteiger partial charge in [-0.1, -0.05) is 32.1 Å². The van der Waals surface area contributed by atoms with E-state index < -0.39 is 0 Å². The van der Waals surface area contributed by atoms with Gasteiger partial charge < -0.3 is 4.98 Å². The van der Waals surface area contributed by atoms with Gasteiger partial charge in [0.15, 0.2) is 0 Å². The highest BCUT2D eigenvalue weighted by Gasteiger charge is 2.26. The molecule has 2 rings (SSSR count). The van der Waals surface area contributed by atoms with Crippen molar-refractivity contribution in [3.8, 4) is 0 Å². The van der Waals surface area contributed by atoms with Crippen LogP contribution in [0.5, 0.6) is 0 Å². The SMILES string of the molecule is Cc1cc([C@@H]2CCCN2CC(C)C)c[nH]c1=S. The molecule has 2 nitrogen and oxygen atoms in total. The minimum Gasteiger partial charge on any atom is -0.352 e. The number of aryl methyl sites for hydroxylation is 1. The van der Waals surface area contributed by atoms with Crippen molar-refractivity contribution in [3.05, 3.63) is 28.0 Å². The lowest BCUT2D eigenvalue weighted by Gasteiger charge is -2.26. The Bertz CT molecular complexity index is 436.